The SMILES string of the molecule is C=CCCCN(C)C(=NCc1ccc(C(=O)NCC)cc1)NCC. The van der Waals surface area contributed by atoms with Crippen molar-refractivity contribution < 1.29 is 4.79 Å². The fourth-order valence-electron chi connectivity index (χ4n) is 2.24. The Labute approximate surface area is 145 Å². The minimum Gasteiger partial charge on any atom is -0.357 e. The van der Waals surface area contributed by atoms with Crippen LogP contribution in [-0.4, -0.2) is 43.4 Å². The molecule has 0 bridgehead atoms. The molecule has 0 unspecified atom stereocenters. The van der Waals surface area contributed by atoms with Gasteiger partial charge in [-0.25, -0.2) is 4.99 Å². The summed E-state index contributed by atoms with van der Waals surface area (Å²) >= 11 is 0. The van der Waals surface area contributed by atoms with E-state index in [0.29, 0.717) is 18.7 Å². The summed E-state index contributed by atoms with van der Waals surface area (Å²) < 4.78 is 0. The van der Waals surface area contributed by atoms with Crippen LogP contribution >= 0.6 is 0 Å². The maximum absolute atomic E-state index is 11.8. The smallest absolute Gasteiger partial charge is 0.251 e. The van der Waals surface area contributed by atoms with Crippen LogP contribution in [-0.2, 0) is 6.54 Å². The van der Waals surface area contributed by atoms with Gasteiger partial charge in [-0.15, -0.1) is 6.58 Å². The van der Waals surface area contributed by atoms with Crippen LogP contribution in [0, 0.1) is 0 Å². The molecule has 24 heavy (non-hydrogen) atoms. The second kappa shape index (κ2) is 11.3. The predicted molar refractivity (Wildman–Crippen MR) is 101 cm³/mol. The van der Waals surface area contributed by atoms with E-state index in [4.69, 9.17) is 0 Å². The summed E-state index contributed by atoms with van der Waals surface area (Å²) in [6, 6.07) is 7.60. The van der Waals surface area contributed by atoms with Crippen molar-refractivity contribution in [3.05, 3.63) is 48.0 Å². The largest absolute Gasteiger partial charge is 0.357 e. The number of rotatable bonds is 9. The monoisotopic (exact) mass is 330 g/mol. The summed E-state index contributed by atoms with van der Waals surface area (Å²) in [5.74, 6) is 0.859. The Hall–Kier alpha value is -2.30. The van der Waals surface area contributed by atoms with Crippen molar-refractivity contribution in [2.75, 3.05) is 26.7 Å². The number of amides is 1. The summed E-state index contributed by atoms with van der Waals surface area (Å²) in [4.78, 5) is 18.6. The van der Waals surface area contributed by atoms with Gasteiger partial charge in [0.25, 0.3) is 5.91 Å². The molecule has 0 aliphatic rings. The normalized spacial score (nSPS) is 11.0. The van der Waals surface area contributed by atoms with Gasteiger partial charge in [0.15, 0.2) is 5.96 Å². The molecule has 1 aromatic carbocycles. The van der Waals surface area contributed by atoms with Gasteiger partial charge in [0.05, 0.1) is 6.54 Å². The number of hydrogen-bond acceptors (Lipinski definition) is 2. The van der Waals surface area contributed by atoms with Crippen molar-refractivity contribution in [1.29, 1.82) is 0 Å². The first-order valence-electron chi connectivity index (χ1n) is 8.59. The molecule has 2 N–H and O–H groups in total. The Balaban J connectivity index is 2.68. The number of nitrogens with zero attached hydrogens (tertiary/aromatic N) is 2. The molecule has 0 saturated heterocycles. The topological polar surface area (TPSA) is 56.7 Å². The van der Waals surface area contributed by atoms with Gasteiger partial charge in [-0.2, -0.15) is 0 Å². The molecule has 0 aliphatic heterocycles. The maximum atomic E-state index is 11.8. The van der Waals surface area contributed by atoms with E-state index in [0.717, 1.165) is 37.5 Å². The van der Waals surface area contributed by atoms with Crippen LogP contribution in [0.4, 0.5) is 0 Å². The second-order valence-electron chi connectivity index (χ2n) is 5.58. The zero-order chi connectivity index (χ0) is 17.8. The molecule has 5 nitrogen and oxygen atoms in total. The van der Waals surface area contributed by atoms with Gasteiger partial charge in [-0.05, 0) is 44.4 Å². The van der Waals surface area contributed by atoms with Gasteiger partial charge in [0.1, 0.15) is 0 Å². The molecular formula is C19H30N4O. The second-order valence-corrected chi connectivity index (χ2v) is 5.58. The maximum Gasteiger partial charge on any atom is 0.251 e. The first kappa shape index (κ1) is 19.7. The van der Waals surface area contributed by atoms with Crippen LogP contribution in [0.15, 0.2) is 41.9 Å². The van der Waals surface area contributed by atoms with Crippen molar-refractivity contribution in [3.8, 4) is 0 Å². The molecule has 0 fully saturated rings. The van der Waals surface area contributed by atoms with E-state index >= 15 is 0 Å². The number of nitrogens with one attached hydrogen (secondary N) is 2. The summed E-state index contributed by atoms with van der Waals surface area (Å²) in [5, 5.41) is 6.11. The zero-order valence-corrected chi connectivity index (χ0v) is 15.1. The number of guanidine groups is 1. The van der Waals surface area contributed by atoms with Crippen molar-refractivity contribution in [1.82, 2.24) is 15.5 Å². The zero-order valence-electron chi connectivity index (χ0n) is 15.1. The quantitative estimate of drug-likeness (QED) is 0.317. The van der Waals surface area contributed by atoms with E-state index in [2.05, 4.69) is 34.0 Å². The molecule has 132 valence electrons. The number of allylic oxidation sites excluding steroid dienone is 1. The predicted octanol–water partition coefficient (Wildman–Crippen LogP) is 2.80. The van der Waals surface area contributed by atoms with Gasteiger partial charge in [-0.3, -0.25) is 4.79 Å². The van der Waals surface area contributed by atoms with Crippen molar-refractivity contribution in [3.63, 3.8) is 0 Å². The highest BCUT2D eigenvalue weighted by Crippen LogP contribution is 2.06. The van der Waals surface area contributed by atoms with Gasteiger partial charge in [0, 0.05) is 32.2 Å². The molecule has 0 aliphatic carbocycles. The molecule has 0 spiro atoms. The van der Waals surface area contributed by atoms with Gasteiger partial charge >= 0.3 is 0 Å². The Morgan fingerprint density at radius 3 is 2.46 bits per heavy atom. The molecule has 0 heterocycles. The average molecular weight is 330 g/mol. The molecule has 0 atom stereocenters. The lowest BCUT2D eigenvalue weighted by Gasteiger charge is -2.21. The van der Waals surface area contributed by atoms with Crippen LogP contribution in [0.2, 0.25) is 0 Å². The molecule has 1 aromatic rings. The summed E-state index contributed by atoms with van der Waals surface area (Å²) in [6.07, 6.45) is 4.00. The molecule has 0 radical (unpaired) electrons. The first-order valence-corrected chi connectivity index (χ1v) is 8.59. The number of aliphatic imine (C=N–C) groups is 1. The first-order chi connectivity index (χ1) is 11.6. The van der Waals surface area contributed by atoms with Crippen LogP contribution < -0.4 is 10.6 Å². The van der Waals surface area contributed by atoms with Gasteiger partial charge in [-0.1, -0.05) is 18.2 Å². The Kier molecular flexibility index (Phi) is 9.27. The van der Waals surface area contributed by atoms with E-state index in [1.54, 1.807) is 0 Å². The molecule has 0 aromatic heterocycles. The lowest BCUT2D eigenvalue weighted by Crippen LogP contribution is -2.39. The Morgan fingerprint density at radius 1 is 1.21 bits per heavy atom. The third-order valence-corrected chi connectivity index (χ3v) is 3.56. The van der Waals surface area contributed by atoms with Crippen LogP contribution in [0.3, 0.4) is 0 Å². The van der Waals surface area contributed by atoms with Crippen molar-refractivity contribution >= 4 is 11.9 Å². The number of benzene rings is 1. The highest BCUT2D eigenvalue weighted by molar-refractivity contribution is 5.94. The van der Waals surface area contributed by atoms with Gasteiger partial charge in [0.2, 0.25) is 0 Å². The van der Waals surface area contributed by atoms with E-state index < -0.39 is 0 Å². The van der Waals surface area contributed by atoms with E-state index in [1.165, 1.54) is 0 Å². The molecule has 5 heteroatoms. The average Bonchev–Trinajstić information content (AvgIpc) is 2.59. The van der Waals surface area contributed by atoms with E-state index in [9.17, 15) is 4.79 Å². The van der Waals surface area contributed by atoms with Crippen LogP contribution in [0.5, 0.6) is 0 Å². The minimum absolute atomic E-state index is 0.0390. The third-order valence-electron chi connectivity index (χ3n) is 3.56. The lowest BCUT2D eigenvalue weighted by molar-refractivity contribution is 0.0956. The van der Waals surface area contributed by atoms with Gasteiger partial charge < -0.3 is 15.5 Å². The van der Waals surface area contributed by atoms with Crippen molar-refractivity contribution in [2.24, 2.45) is 4.99 Å². The molecule has 1 rings (SSSR count). The molecule has 0 saturated carbocycles. The third kappa shape index (κ3) is 6.86. The number of carbonyl (C=O) groups is 1. The summed E-state index contributed by atoms with van der Waals surface area (Å²) in [7, 11) is 2.04. The molecular weight excluding hydrogens is 300 g/mol. The van der Waals surface area contributed by atoms with Crippen LogP contribution in [0.1, 0.15) is 42.6 Å². The lowest BCUT2D eigenvalue weighted by atomic mass is 10.1. The highest BCUT2D eigenvalue weighted by Gasteiger charge is 2.06. The highest BCUT2D eigenvalue weighted by atomic mass is 16.1. The van der Waals surface area contributed by atoms with E-state index in [-0.39, 0.29) is 5.91 Å². The van der Waals surface area contributed by atoms with Crippen LogP contribution in [0.25, 0.3) is 0 Å². The standard InChI is InChI=1S/C19H30N4O/c1-5-8-9-14-23(4)19(21-7-3)22-15-16-10-12-17(13-11-16)18(24)20-6-2/h5,10-13H,1,6-9,14-15H2,2-4H3,(H,20,24)(H,21,22). The number of unbranched alkanes of at least 4 members (excludes halogenated alkanes) is 1. The summed E-state index contributed by atoms with van der Waals surface area (Å²) in [6.45, 7) is 10.7. The number of carbonyl (C=O) groups excluding carboxylic acids is 1. The molecule has 1 amide bonds. The van der Waals surface area contributed by atoms with E-state index in [1.807, 2.05) is 44.3 Å². The fraction of sp³-hybridized carbons (Fsp3) is 0.474. The minimum atomic E-state index is -0.0390. The Bertz CT molecular complexity index is 537. The van der Waals surface area contributed by atoms with Crippen molar-refractivity contribution in [2.45, 2.75) is 33.2 Å². The fourth-order valence-corrected chi connectivity index (χ4v) is 2.24. The Morgan fingerprint density at radius 2 is 1.88 bits per heavy atom. The number of hydrogen-bond donors (Lipinski definition) is 2. The summed E-state index contributed by atoms with van der Waals surface area (Å²) in [5.41, 5.74) is 1.76.